The van der Waals surface area contributed by atoms with Crippen molar-refractivity contribution < 1.29 is 19.2 Å². The first-order chi connectivity index (χ1) is 13.8. The second kappa shape index (κ2) is 8.82. The number of aromatic nitrogens is 1. The van der Waals surface area contributed by atoms with Crippen molar-refractivity contribution in [1.82, 2.24) is 4.98 Å². The number of carbonyl (C=O) groups is 2. The number of aryl methyl sites for hydroxylation is 2. The number of nitrogens with zero attached hydrogens (tertiary/aromatic N) is 1. The molecule has 29 heavy (non-hydrogen) atoms. The Morgan fingerprint density at radius 2 is 1.83 bits per heavy atom. The summed E-state index contributed by atoms with van der Waals surface area (Å²) in [5, 5.41) is 0. The van der Waals surface area contributed by atoms with Crippen LogP contribution in [0.4, 0.5) is 5.69 Å². The van der Waals surface area contributed by atoms with E-state index in [9.17, 15) is 9.59 Å². The van der Waals surface area contributed by atoms with Crippen LogP contribution in [0.2, 0.25) is 0 Å². The van der Waals surface area contributed by atoms with E-state index in [0.29, 0.717) is 29.1 Å². The maximum absolute atomic E-state index is 13.2. The molecule has 2 N–H and O–H groups in total. The largest absolute Gasteiger partial charge is 0.462 e. The smallest absolute Gasteiger partial charge is 0.340 e. The summed E-state index contributed by atoms with van der Waals surface area (Å²) in [5.41, 5.74) is 4.96. The first-order valence-corrected chi connectivity index (χ1v) is 10.4. The van der Waals surface area contributed by atoms with Gasteiger partial charge >= 0.3 is 5.97 Å². The second-order valence-electron chi connectivity index (χ2n) is 7.86. The molecule has 6 nitrogen and oxygen atoms in total. The molecular weight excluding hydrogens is 366 g/mol. The first-order valence-electron chi connectivity index (χ1n) is 10.4. The van der Waals surface area contributed by atoms with E-state index in [1.165, 1.54) is 16.2 Å². The van der Waals surface area contributed by atoms with Crippen LogP contribution in [0.5, 0.6) is 0 Å². The fraction of sp³-hybridized carbons (Fsp3) is 0.478. The highest BCUT2D eigenvalue weighted by molar-refractivity contribution is 6.03. The van der Waals surface area contributed by atoms with E-state index in [1.54, 1.807) is 6.92 Å². The van der Waals surface area contributed by atoms with Gasteiger partial charge in [-0.1, -0.05) is 18.2 Å². The summed E-state index contributed by atoms with van der Waals surface area (Å²) in [6.07, 6.45) is 0. The lowest BCUT2D eigenvalue weighted by atomic mass is 10.0. The zero-order chi connectivity index (χ0) is 21.1. The van der Waals surface area contributed by atoms with Crippen LogP contribution < -0.4 is 9.80 Å². The van der Waals surface area contributed by atoms with Gasteiger partial charge in [0, 0.05) is 11.4 Å². The maximum atomic E-state index is 13.2. The lowest BCUT2D eigenvalue weighted by Gasteiger charge is -2.36. The number of esters is 1. The fourth-order valence-electron chi connectivity index (χ4n) is 4.29. The third-order valence-electron chi connectivity index (χ3n) is 6.03. The lowest BCUT2D eigenvalue weighted by Crippen LogP contribution is -3.18. The molecule has 2 aromatic rings. The molecule has 1 fully saturated rings. The predicted molar refractivity (Wildman–Crippen MR) is 114 cm³/mol. The number of aromatic amines is 1. The van der Waals surface area contributed by atoms with Crippen molar-refractivity contribution in [2.45, 2.75) is 40.7 Å². The van der Waals surface area contributed by atoms with E-state index in [-0.39, 0.29) is 17.8 Å². The molecule has 0 saturated carbocycles. The van der Waals surface area contributed by atoms with Gasteiger partial charge in [0.2, 0.25) is 5.78 Å². The monoisotopic (exact) mass is 398 g/mol. The number of H-pyrrole nitrogens is 1. The molecule has 1 atom stereocenters. The molecule has 0 amide bonds. The molecule has 1 aromatic carbocycles. The van der Waals surface area contributed by atoms with Crippen molar-refractivity contribution in [1.29, 1.82) is 0 Å². The Balaban J connectivity index is 1.70. The van der Waals surface area contributed by atoms with Gasteiger partial charge in [-0.2, -0.15) is 0 Å². The van der Waals surface area contributed by atoms with Crippen LogP contribution in [0.25, 0.3) is 0 Å². The molecule has 0 aliphatic carbocycles. The molecule has 1 aliphatic rings. The molecule has 156 valence electrons. The number of anilines is 1. The summed E-state index contributed by atoms with van der Waals surface area (Å²) < 4.78 is 5.14. The minimum atomic E-state index is -0.371. The number of hydrogen-bond donors (Lipinski definition) is 2. The van der Waals surface area contributed by atoms with E-state index < -0.39 is 0 Å². The Morgan fingerprint density at radius 1 is 1.17 bits per heavy atom. The number of nitrogens with one attached hydrogen (secondary N) is 2. The van der Waals surface area contributed by atoms with Gasteiger partial charge < -0.3 is 19.5 Å². The van der Waals surface area contributed by atoms with Gasteiger partial charge in [-0.3, -0.25) is 4.79 Å². The number of ketones is 1. The Bertz CT molecular complexity index is 895. The Hall–Kier alpha value is -2.60. The van der Waals surface area contributed by atoms with Crippen LogP contribution in [0, 0.1) is 20.8 Å². The highest BCUT2D eigenvalue weighted by Gasteiger charge is 2.33. The van der Waals surface area contributed by atoms with Crippen molar-refractivity contribution >= 4 is 17.4 Å². The van der Waals surface area contributed by atoms with Gasteiger partial charge in [-0.15, -0.1) is 0 Å². The molecule has 0 radical (unpaired) electrons. The van der Waals surface area contributed by atoms with E-state index in [4.69, 9.17) is 4.74 Å². The molecule has 0 unspecified atom stereocenters. The molecule has 3 rings (SSSR count). The summed E-state index contributed by atoms with van der Waals surface area (Å²) in [5.74, 6) is -0.315. The van der Waals surface area contributed by atoms with Gasteiger partial charge in [0.15, 0.2) is 6.04 Å². The van der Waals surface area contributed by atoms with Crippen LogP contribution in [0.1, 0.15) is 51.5 Å². The van der Waals surface area contributed by atoms with Crippen molar-refractivity contribution in [2.24, 2.45) is 0 Å². The zero-order valence-corrected chi connectivity index (χ0v) is 18.1. The molecule has 6 heteroatoms. The average Bonchev–Trinajstić information content (AvgIpc) is 3.01. The summed E-state index contributed by atoms with van der Waals surface area (Å²) in [4.78, 5) is 32.2. The molecule has 0 spiro atoms. The normalized spacial score (nSPS) is 16.0. The molecule has 2 heterocycles. The number of benzene rings is 1. The summed E-state index contributed by atoms with van der Waals surface area (Å²) in [6.45, 7) is 13.5. The number of piperazine rings is 1. The van der Waals surface area contributed by atoms with Gasteiger partial charge in [0.1, 0.15) is 0 Å². The first kappa shape index (κ1) is 21.1. The number of rotatable bonds is 6. The second-order valence-corrected chi connectivity index (χ2v) is 7.86. The predicted octanol–water partition coefficient (Wildman–Crippen LogP) is 2.09. The number of Topliss-reactive ketones (excluding diaryl/α,β-unsaturated/α-hetero) is 1. The third-order valence-corrected chi connectivity index (χ3v) is 6.03. The fourth-order valence-corrected chi connectivity index (χ4v) is 4.29. The average molecular weight is 399 g/mol. The standard InChI is InChI=1S/C23H31N3O3/c1-6-29-23(28)20-16(3)21(24-17(20)4)22(27)18(5)25-11-13-26(14-12-25)19-10-8-7-9-15(19)2/h7-10,18,24H,6,11-14H2,1-5H3/p+1/t18-/m0/s1. The van der Waals surface area contributed by atoms with Crippen LogP contribution >= 0.6 is 0 Å². The van der Waals surface area contributed by atoms with Crippen LogP contribution in [0.15, 0.2) is 24.3 Å². The summed E-state index contributed by atoms with van der Waals surface area (Å²) in [6, 6.07) is 8.27. The van der Waals surface area contributed by atoms with Gasteiger partial charge in [-0.25, -0.2) is 4.79 Å². The minimum absolute atomic E-state index is 0.0560. The molecule has 1 aliphatic heterocycles. The van der Waals surface area contributed by atoms with Gasteiger partial charge in [0.25, 0.3) is 0 Å². The number of ether oxygens (including phenoxy) is 1. The van der Waals surface area contributed by atoms with E-state index in [1.807, 2.05) is 20.8 Å². The molecule has 1 aromatic heterocycles. The summed E-state index contributed by atoms with van der Waals surface area (Å²) >= 11 is 0. The van der Waals surface area contributed by atoms with Crippen molar-refractivity contribution in [2.75, 3.05) is 37.7 Å². The van der Waals surface area contributed by atoms with Crippen LogP contribution in [-0.2, 0) is 4.74 Å². The Kier molecular flexibility index (Phi) is 6.42. The summed E-state index contributed by atoms with van der Waals surface area (Å²) in [7, 11) is 0. The molecule has 0 bridgehead atoms. The quantitative estimate of drug-likeness (QED) is 0.578. The van der Waals surface area contributed by atoms with E-state index in [2.05, 4.69) is 41.1 Å². The highest BCUT2D eigenvalue weighted by atomic mass is 16.5. The van der Waals surface area contributed by atoms with Crippen molar-refractivity contribution in [3.63, 3.8) is 0 Å². The van der Waals surface area contributed by atoms with Crippen LogP contribution in [-0.4, -0.2) is 55.6 Å². The minimum Gasteiger partial charge on any atom is -0.462 e. The van der Waals surface area contributed by atoms with Crippen molar-refractivity contribution in [3.05, 3.63) is 52.3 Å². The van der Waals surface area contributed by atoms with Gasteiger partial charge in [-0.05, 0) is 51.8 Å². The third kappa shape index (κ3) is 4.22. The Labute approximate surface area is 172 Å². The SMILES string of the molecule is CCOC(=O)c1c(C)[nH]c(C(=O)[C@H](C)[NH+]2CCN(c3ccccc3C)CC2)c1C. The molecular formula is C23H32N3O3+. The van der Waals surface area contributed by atoms with Gasteiger partial charge in [0.05, 0.1) is 44.0 Å². The highest BCUT2D eigenvalue weighted by Crippen LogP contribution is 2.21. The maximum Gasteiger partial charge on any atom is 0.340 e. The number of quaternary nitrogens is 1. The zero-order valence-electron chi connectivity index (χ0n) is 18.1. The van der Waals surface area contributed by atoms with Crippen LogP contribution in [0.3, 0.4) is 0 Å². The van der Waals surface area contributed by atoms with Crippen molar-refractivity contribution in [3.8, 4) is 0 Å². The molecule has 1 saturated heterocycles. The number of hydrogen-bond acceptors (Lipinski definition) is 4. The van der Waals surface area contributed by atoms with E-state index >= 15 is 0 Å². The number of para-hydroxylation sites is 1. The number of carbonyl (C=O) groups excluding carboxylic acids is 2. The van der Waals surface area contributed by atoms with E-state index in [0.717, 1.165) is 26.2 Å². The topological polar surface area (TPSA) is 66.8 Å². The lowest BCUT2D eigenvalue weighted by molar-refractivity contribution is -0.914. The Morgan fingerprint density at radius 3 is 2.45 bits per heavy atom.